The maximum absolute atomic E-state index is 10.2. The molecule has 0 aromatic heterocycles. The molecule has 6 aromatic rings. The highest BCUT2D eigenvalue weighted by Crippen LogP contribution is 2.36. The molecule has 2 nitrogen and oxygen atoms in total. The van der Waals surface area contributed by atoms with Gasteiger partial charge in [-0.15, -0.1) is 0 Å². The van der Waals surface area contributed by atoms with Gasteiger partial charge < -0.3 is 10.0 Å². The van der Waals surface area contributed by atoms with Crippen LogP contribution in [0.15, 0.2) is 158 Å². The van der Waals surface area contributed by atoms with Crippen molar-refractivity contribution in [3.63, 3.8) is 0 Å². The number of rotatable bonds is 7. The van der Waals surface area contributed by atoms with Gasteiger partial charge >= 0.3 is 7.12 Å². The first kappa shape index (κ1) is 25.6. The molecule has 0 bridgehead atoms. The van der Waals surface area contributed by atoms with Crippen LogP contribution in [0.1, 0.15) is 22.6 Å². The van der Waals surface area contributed by atoms with E-state index in [4.69, 9.17) is 0 Å². The van der Waals surface area contributed by atoms with E-state index in [9.17, 15) is 10.0 Å². The van der Waals surface area contributed by atoms with Crippen molar-refractivity contribution in [1.29, 1.82) is 0 Å². The molecule has 0 radical (unpaired) electrons. The first-order chi connectivity index (χ1) is 19.7. The third-order valence-electron chi connectivity index (χ3n) is 7.48. The topological polar surface area (TPSA) is 40.5 Å². The van der Waals surface area contributed by atoms with Crippen LogP contribution in [0.4, 0.5) is 0 Å². The highest BCUT2D eigenvalue weighted by atomic mass is 16.4. The Morgan fingerprint density at radius 1 is 0.375 bits per heavy atom. The summed E-state index contributed by atoms with van der Waals surface area (Å²) >= 11 is 0. The highest BCUT2D eigenvalue weighted by Gasteiger charge is 2.22. The van der Waals surface area contributed by atoms with Gasteiger partial charge in [0.25, 0.3) is 0 Å². The van der Waals surface area contributed by atoms with Crippen molar-refractivity contribution in [2.24, 2.45) is 0 Å². The van der Waals surface area contributed by atoms with Crippen molar-refractivity contribution >= 4 is 12.6 Å². The number of hydrogen-bond acceptors (Lipinski definition) is 2. The van der Waals surface area contributed by atoms with Gasteiger partial charge in [-0.25, -0.2) is 0 Å². The van der Waals surface area contributed by atoms with Gasteiger partial charge in [0.2, 0.25) is 0 Å². The Morgan fingerprint density at radius 2 is 0.750 bits per heavy atom. The first-order valence-corrected chi connectivity index (χ1v) is 13.5. The normalized spacial score (nSPS) is 11.0. The van der Waals surface area contributed by atoms with Crippen LogP contribution in [0.5, 0.6) is 0 Å². The summed E-state index contributed by atoms with van der Waals surface area (Å²) in [5, 5.41) is 20.3. The summed E-state index contributed by atoms with van der Waals surface area (Å²) in [6, 6.07) is 54.2. The van der Waals surface area contributed by atoms with E-state index in [2.05, 4.69) is 103 Å². The van der Waals surface area contributed by atoms with Gasteiger partial charge in [-0.1, -0.05) is 158 Å². The van der Waals surface area contributed by atoms with Crippen molar-refractivity contribution in [3.8, 4) is 33.4 Å². The van der Waals surface area contributed by atoms with Crippen LogP contribution in [-0.4, -0.2) is 17.2 Å². The molecule has 0 saturated carbocycles. The van der Waals surface area contributed by atoms with Crippen LogP contribution < -0.4 is 5.46 Å². The number of hydrogen-bond donors (Lipinski definition) is 2. The zero-order valence-corrected chi connectivity index (χ0v) is 22.1. The van der Waals surface area contributed by atoms with E-state index in [1.54, 1.807) is 0 Å². The third-order valence-corrected chi connectivity index (χ3v) is 7.48. The van der Waals surface area contributed by atoms with Crippen LogP contribution in [0.25, 0.3) is 33.4 Å². The van der Waals surface area contributed by atoms with E-state index in [1.807, 2.05) is 54.6 Å². The molecule has 0 atom stereocenters. The molecule has 3 heteroatoms. The monoisotopic (exact) mass is 516 g/mol. The van der Waals surface area contributed by atoms with Gasteiger partial charge in [-0.05, 0) is 55.5 Å². The second-order valence-electron chi connectivity index (χ2n) is 10.00. The van der Waals surface area contributed by atoms with Gasteiger partial charge in [-0.2, -0.15) is 0 Å². The van der Waals surface area contributed by atoms with Crippen LogP contribution in [0.2, 0.25) is 0 Å². The minimum atomic E-state index is -1.56. The maximum atomic E-state index is 10.2. The van der Waals surface area contributed by atoms with Gasteiger partial charge in [0.15, 0.2) is 0 Å². The van der Waals surface area contributed by atoms with Gasteiger partial charge in [0, 0.05) is 5.92 Å². The molecule has 192 valence electrons. The predicted molar refractivity (Wildman–Crippen MR) is 166 cm³/mol. The van der Waals surface area contributed by atoms with Crippen LogP contribution >= 0.6 is 0 Å². The lowest BCUT2D eigenvalue weighted by Crippen LogP contribution is -2.31. The molecule has 0 fully saturated rings. The Bertz CT molecular complexity index is 1600. The lowest BCUT2D eigenvalue weighted by molar-refractivity contribution is 0.426. The fraction of sp³-hybridized carbons (Fsp3) is 0.0270. The summed E-state index contributed by atoms with van der Waals surface area (Å²) < 4.78 is 0. The Kier molecular flexibility index (Phi) is 7.41. The van der Waals surface area contributed by atoms with Gasteiger partial charge in [-0.3, -0.25) is 0 Å². The second-order valence-corrected chi connectivity index (χ2v) is 10.00. The highest BCUT2D eigenvalue weighted by molar-refractivity contribution is 6.60. The zero-order chi connectivity index (χ0) is 27.3. The molecular weight excluding hydrogens is 487 g/mol. The Balaban J connectivity index is 1.47. The molecule has 0 heterocycles. The standard InChI is InChI=1S/C37H29BO2/c39-38(40)36-25-24-34(26-35(36)31-14-8-3-9-15-31)37(32-20-16-29(17-21-32)27-10-4-1-5-11-27)33-22-18-30(19-23-33)28-12-6-2-7-13-28/h1-26,37,39-40H. The minimum Gasteiger partial charge on any atom is -0.423 e. The Labute approximate surface area is 236 Å². The van der Waals surface area contributed by atoms with E-state index in [0.29, 0.717) is 5.46 Å². The van der Waals surface area contributed by atoms with Gasteiger partial charge in [0.1, 0.15) is 0 Å². The molecule has 0 saturated heterocycles. The zero-order valence-electron chi connectivity index (χ0n) is 22.1. The van der Waals surface area contributed by atoms with E-state index in [-0.39, 0.29) is 5.92 Å². The quantitative estimate of drug-likeness (QED) is 0.170. The van der Waals surface area contributed by atoms with Crippen molar-refractivity contribution in [1.82, 2.24) is 0 Å². The molecule has 0 aliphatic carbocycles. The van der Waals surface area contributed by atoms with E-state index < -0.39 is 7.12 Å². The average molecular weight is 516 g/mol. The first-order valence-electron chi connectivity index (χ1n) is 13.5. The Morgan fingerprint density at radius 3 is 1.18 bits per heavy atom. The fourth-order valence-electron chi connectivity index (χ4n) is 5.42. The Hall–Kier alpha value is -4.70. The SMILES string of the molecule is OB(O)c1ccc(C(c2ccc(-c3ccccc3)cc2)c2ccc(-c3ccccc3)cc2)cc1-c1ccccc1. The summed E-state index contributed by atoms with van der Waals surface area (Å²) in [5.74, 6) is -0.0398. The smallest absolute Gasteiger partial charge is 0.423 e. The fourth-order valence-corrected chi connectivity index (χ4v) is 5.42. The molecule has 6 rings (SSSR count). The van der Waals surface area contributed by atoms with E-state index in [0.717, 1.165) is 16.7 Å². The summed E-state index contributed by atoms with van der Waals surface area (Å²) in [7, 11) is -1.56. The average Bonchev–Trinajstić information content (AvgIpc) is 3.03. The molecule has 0 unspecified atom stereocenters. The molecule has 0 aliphatic heterocycles. The summed E-state index contributed by atoms with van der Waals surface area (Å²) in [6.45, 7) is 0. The lowest BCUT2D eigenvalue weighted by atomic mass is 9.73. The van der Waals surface area contributed by atoms with Crippen molar-refractivity contribution in [3.05, 3.63) is 174 Å². The molecular formula is C37H29BO2. The van der Waals surface area contributed by atoms with Crippen LogP contribution in [-0.2, 0) is 0 Å². The summed E-state index contributed by atoms with van der Waals surface area (Å²) in [4.78, 5) is 0. The van der Waals surface area contributed by atoms with Gasteiger partial charge in [0.05, 0.1) is 0 Å². The third kappa shape index (κ3) is 5.39. The van der Waals surface area contributed by atoms with Crippen LogP contribution in [0, 0.1) is 0 Å². The van der Waals surface area contributed by atoms with Crippen molar-refractivity contribution in [2.75, 3.05) is 0 Å². The predicted octanol–water partition coefficient (Wildman–Crippen LogP) is 7.55. The van der Waals surface area contributed by atoms with Crippen LogP contribution in [0.3, 0.4) is 0 Å². The van der Waals surface area contributed by atoms with E-state index in [1.165, 1.54) is 33.4 Å². The maximum Gasteiger partial charge on any atom is 0.489 e. The van der Waals surface area contributed by atoms with Crippen molar-refractivity contribution in [2.45, 2.75) is 5.92 Å². The lowest BCUT2D eigenvalue weighted by Gasteiger charge is -2.22. The molecule has 40 heavy (non-hydrogen) atoms. The summed E-state index contributed by atoms with van der Waals surface area (Å²) in [6.07, 6.45) is 0. The largest absolute Gasteiger partial charge is 0.489 e. The molecule has 2 N–H and O–H groups in total. The number of benzene rings is 6. The molecule has 0 amide bonds. The minimum absolute atomic E-state index is 0.0398. The molecule has 6 aromatic carbocycles. The van der Waals surface area contributed by atoms with Crippen molar-refractivity contribution < 1.29 is 10.0 Å². The van der Waals surface area contributed by atoms with E-state index >= 15 is 0 Å². The molecule has 0 aliphatic rings. The molecule has 0 spiro atoms. The second kappa shape index (κ2) is 11.6. The summed E-state index contributed by atoms with van der Waals surface area (Å²) in [5.41, 5.74) is 10.4.